The van der Waals surface area contributed by atoms with Crippen molar-refractivity contribution < 1.29 is 24.2 Å². The molecule has 1 heterocycles. The van der Waals surface area contributed by atoms with E-state index in [4.69, 9.17) is 9.47 Å². The van der Waals surface area contributed by atoms with Gasteiger partial charge in [-0.25, -0.2) is 4.98 Å². The largest absolute Gasteiger partial charge is 0.465 e. The van der Waals surface area contributed by atoms with Crippen molar-refractivity contribution in [2.45, 2.75) is 253 Å². The highest BCUT2D eigenvalue weighted by Gasteiger charge is 2.21. The van der Waals surface area contributed by atoms with E-state index in [-0.39, 0.29) is 23.8 Å². The summed E-state index contributed by atoms with van der Waals surface area (Å²) in [5.41, 5.74) is 0. The first kappa shape index (κ1) is 55.1. The Morgan fingerprint density at radius 3 is 1.42 bits per heavy atom. The molecule has 0 fully saturated rings. The number of esters is 2. The molecule has 0 bridgehead atoms. The summed E-state index contributed by atoms with van der Waals surface area (Å²) in [7, 11) is 0. The summed E-state index contributed by atoms with van der Waals surface area (Å²) in [5, 5.41) is 11.1. The summed E-state index contributed by atoms with van der Waals surface area (Å²) in [6.45, 7) is 15.5. The van der Waals surface area contributed by atoms with E-state index < -0.39 is 6.10 Å². The highest BCUT2D eigenvalue weighted by molar-refractivity contribution is 5.72. The van der Waals surface area contributed by atoms with Crippen molar-refractivity contribution >= 4 is 11.9 Å². The molecule has 0 aliphatic rings. The molecule has 346 valence electrons. The minimum Gasteiger partial charge on any atom is -0.465 e. The molecule has 8 nitrogen and oxygen atoms in total. The van der Waals surface area contributed by atoms with Crippen molar-refractivity contribution in [3.63, 3.8) is 0 Å². The van der Waals surface area contributed by atoms with Crippen LogP contribution in [0.1, 0.15) is 239 Å². The van der Waals surface area contributed by atoms with Gasteiger partial charge in [0.2, 0.25) is 0 Å². The first-order valence-corrected chi connectivity index (χ1v) is 25.6. The molecule has 0 amide bonds. The van der Waals surface area contributed by atoms with Crippen LogP contribution in [-0.4, -0.2) is 70.4 Å². The van der Waals surface area contributed by atoms with Crippen LogP contribution in [0.4, 0.5) is 0 Å². The van der Waals surface area contributed by atoms with Crippen LogP contribution in [0.3, 0.4) is 0 Å². The number of ether oxygens (including phenoxy) is 2. The molecule has 0 aromatic carbocycles. The van der Waals surface area contributed by atoms with Crippen LogP contribution in [0.2, 0.25) is 0 Å². The lowest BCUT2D eigenvalue weighted by Gasteiger charge is -2.25. The van der Waals surface area contributed by atoms with Crippen molar-refractivity contribution in [2.75, 3.05) is 32.8 Å². The molecule has 8 heteroatoms. The zero-order chi connectivity index (χ0) is 43.0. The molecule has 0 saturated carbocycles. The second kappa shape index (κ2) is 40.2. The molecular weight excluding hydrogens is 735 g/mol. The van der Waals surface area contributed by atoms with Crippen LogP contribution >= 0.6 is 0 Å². The number of carbonyl (C=O) groups excluding carboxylic acids is 2. The minimum atomic E-state index is -0.398. The van der Waals surface area contributed by atoms with Crippen LogP contribution in [0.15, 0.2) is 12.4 Å². The summed E-state index contributed by atoms with van der Waals surface area (Å²) < 4.78 is 13.9. The smallest absolute Gasteiger partial charge is 0.308 e. The third kappa shape index (κ3) is 31.6. The lowest BCUT2D eigenvalue weighted by atomic mass is 9.94. The number of aliphatic hydroxyl groups excluding tert-OH is 1. The highest BCUT2D eigenvalue weighted by atomic mass is 16.5. The number of hydrogen-bond acceptors (Lipinski definition) is 7. The Morgan fingerprint density at radius 1 is 0.559 bits per heavy atom. The van der Waals surface area contributed by atoms with Gasteiger partial charge in [-0.1, -0.05) is 169 Å². The van der Waals surface area contributed by atoms with E-state index in [0.717, 1.165) is 128 Å². The second-order valence-electron chi connectivity index (χ2n) is 17.9. The number of carbonyl (C=O) groups is 2. The zero-order valence-electron chi connectivity index (χ0n) is 39.7. The minimum absolute atomic E-state index is 0.00133. The molecule has 1 N–H and O–H groups in total. The number of nitrogens with zero attached hydrogens (tertiary/aromatic N) is 3. The molecule has 0 spiro atoms. The Morgan fingerprint density at radius 2 is 0.949 bits per heavy atom. The number of aliphatic hydroxyl groups is 1. The Balaban J connectivity index is 2.48. The maximum absolute atomic E-state index is 13.1. The van der Waals surface area contributed by atoms with Crippen LogP contribution in [-0.2, 0) is 25.6 Å². The Labute approximate surface area is 365 Å². The van der Waals surface area contributed by atoms with Crippen LogP contribution in [0, 0.1) is 18.8 Å². The van der Waals surface area contributed by atoms with Gasteiger partial charge in [0, 0.05) is 25.5 Å². The Bertz CT molecular complexity index is 1080. The molecule has 59 heavy (non-hydrogen) atoms. The van der Waals surface area contributed by atoms with Gasteiger partial charge in [-0.2, -0.15) is 0 Å². The van der Waals surface area contributed by atoms with E-state index in [1.165, 1.54) is 103 Å². The summed E-state index contributed by atoms with van der Waals surface area (Å²) in [4.78, 5) is 32.9. The molecule has 2 unspecified atom stereocenters. The van der Waals surface area contributed by atoms with Gasteiger partial charge < -0.3 is 24.0 Å². The van der Waals surface area contributed by atoms with Crippen molar-refractivity contribution in [3.05, 3.63) is 18.2 Å². The van der Waals surface area contributed by atoms with Crippen LogP contribution in [0.25, 0.3) is 0 Å². The summed E-state index contributed by atoms with van der Waals surface area (Å²) in [6, 6.07) is 0. The molecule has 1 rings (SSSR count). The second-order valence-corrected chi connectivity index (χ2v) is 17.9. The van der Waals surface area contributed by atoms with Crippen LogP contribution in [0.5, 0.6) is 0 Å². The lowest BCUT2D eigenvalue weighted by Crippen LogP contribution is -2.34. The lowest BCUT2D eigenvalue weighted by molar-refractivity contribution is -0.150. The van der Waals surface area contributed by atoms with E-state index in [1.54, 1.807) is 0 Å². The highest BCUT2D eigenvalue weighted by Crippen LogP contribution is 2.22. The van der Waals surface area contributed by atoms with Crippen LogP contribution < -0.4 is 0 Å². The standard InChI is InChI=1S/C51H97N3O5/c1-6-10-14-18-20-26-35-47(33-24-16-12-8-3)50(56)58-43-30-23-22-29-39-53(40-32-41-54-42-38-52-46(54)5)45-49(55)37-28-31-44-59-51(57)48(34-25-17-13-9-4)36-27-21-19-15-11-7-2/h38,42,47-49,55H,6-37,39-41,43-45H2,1-5H3/t47?,48?,49-/m1/s1. The normalized spacial score (nSPS) is 13.2. The quantitative estimate of drug-likeness (QED) is 0.0517. The first-order valence-electron chi connectivity index (χ1n) is 25.6. The van der Waals surface area contributed by atoms with Gasteiger partial charge in [0.1, 0.15) is 5.82 Å². The molecular formula is C51H97N3O5. The predicted octanol–water partition coefficient (Wildman–Crippen LogP) is 13.7. The molecule has 0 aliphatic heterocycles. The molecule has 0 saturated heterocycles. The monoisotopic (exact) mass is 832 g/mol. The topological polar surface area (TPSA) is 93.9 Å². The molecule has 0 radical (unpaired) electrons. The van der Waals surface area contributed by atoms with E-state index in [2.05, 4.69) is 42.1 Å². The number of hydrogen-bond donors (Lipinski definition) is 1. The number of rotatable bonds is 44. The van der Waals surface area contributed by atoms with Gasteiger partial charge in [-0.05, 0) is 84.2 Å². The summed E-state index contributed by atoms with van der Waals surface area (Å²) in [5.74, 6) is 1.17. The van der Waals surface area contributed by atoms with Gasteiger partial charge in [-0.3, -0.25) is 9.59 Å². The van der Waals surface area contributed by atoms with Gasteiger partial charge in [-0.15, -0.1) is 0 Å². The van der Waals surface area contributed by atoms with E-state index in [1.807, 2.05) is 19.3 Å². The Hall–Kier alpha value is -1.93. The summed E-state index contributed by atoms with van der Waals surface area (Å²) in [6.07, 6.45) is 39.4. The van der Waals surface area contributed by atoms with Crippen molar-refractivity contribution in [3.8, 4) is 0 Å². The molecule has 0 aliphatic carbocycles. The fraction of sp³-hybridized carbons (Fsp3) is 0.902. The van der Waals surface area contributed by atoms with Crippen molar-refractivity contribution in [2.24, 2.45) is 11.8 Å². The number of imidazole rings is 1. The number of aromatic nitrogens is 2. The fourth-order valence-electron chi connectivity index (χ4n) is 8.38. The van der Waals surface area contributed by atoms with Gasteiger partial charge in [0.15, 0.2) is 0 Å². The van der Waals surface area contributed by atoms with E-state index in [0.29, 0.717) is 19.8 Å². The first-order chi connectivity index (χ1) is 28.9. The van der Waals surface area contributed by atoms with Crippen molar-refractivity contribution in [1.29, 1.82) is 0 Å². The van der Waals surface area contributed by atoms with E-state index in [9.17, 15) is 14.7 Å². The van der Waals surface area contributed by atoms with E-state index >= 15 is 0 Å². The van der Waals surface area contributed by atoms with Crippen molar-refractivity contribution in [1.82, 2.24) is 14.5 Å². The molecule has 1 aromatic heterocycles. The SMILES string of the molecule is CCCCCCCCC(CCCCCC)C(=O)OCCCCCCN(CCCn1ccnc1C)C[C@H](O)CCCCOC(=O)C(CCCCCC)CCCCCCCC. The summed E-state index contributed by atoms with van der Waals surface area (Å²) >= 11 is 0. The molecule has 1 aromatic rings. The zero-order valence-corrected chi connectivity index (χ0v) is 39.7. The average Bonchev–Trinajstić information content (AvgIpc) is 3.64. The van der Waals surface area contributed by atoms with Gasteiger partial charge in [0.05, 0.1) is 31.2 Å². The molecule has 3 atom stereocenters. The maximum atomic E-state index is 13.1. The maximum Gasteiger partial charge on any atom is 0.308 e. The third-order valence-corrected chi connectivity index (χ3v) is 12.3. The van der Waals surface area contributed by atoms with Gasteiger partial charge >= 0.3 is 11.9 Å². The Kier molecular flexibility index (Phi) is 37.5. The fourth-order valence-corrected chi connectivity index (χ4v) is 8.38. The van der Waals surface area contributed by atoms with Gasteiger partial charge in [0.25, 0.3) is 0 Å². The number of aryl methyl sites for hydroxylation is 2. The third-order valence-electron chi connectivity index (χ3n) is 12.3. The number of unbranched alkanes of at least 4 members (excludes halogenated alkanes) is 20. The average molecular weight is 832 g/mol. The predicted molar refractivity (Wildman–Crippen MR) is 249 cm³/mol.